The molecule has 1 unspecified atom stereocenters. The Labute approximate surface area is 151 Å². The van der Waals surface area contributed by atoms with E-state index in [2.05, 4.69) is 4.98 Å². The maximum absolute atomic E-state index is 13.0. The van der Waals surface area contributed by atoms with Crippen LogP contribution in [-0.4, -0.2) is 36.6 Å². The molecule has 0 aliphatic heterocycles. The monoisotopic (exact) mass is 386 g/mol. The molecule has 7 nitrogen and oxygen atoms in total. The van der Waals surface area contributed by atoms with Crippen molar-refractivity contribution in [2.45, 2.75) is 20.1 Å². The Hall–Kier alpha value is -1.90. The molecule has 0 N–H and O–H groups in total. The SMILES string of the molecule is CC(C)(COS(C)(=O)=O)C(=O)C(Oc1ccc(Cl)cc1)n1ccnc1. The van der Waals surface area contributed by atoms with Crippen LogP contribution in [0.5, 0.6) is 5.75 Å². The second-order valence-electron chi connectivity index (χ2n) is 6.15. The summed E-state index contributed by atoms with van der Waals surface area (Å²) in [4.78, 5) is 16.9. The van der Waals surface area contributed by atoms with E-state index in [1.165, 1.54) is 17.1 Å². The fourth-order valence-electron chi connectivity index (χ4n) is 1.96. The molecule has 9 heteroatoms. The Morgan fingerprint density at radius 3 is 2.48 bits per heavy atom. The minimum Gasteiger partial charge on any atom is -0.463 e. The Morgan fingerprint density at radius 2 is 1.96 bits per heavy atom. The minimum absolute atomic E-state index is 0.292. The van der Waals surface area contributed by atoms with E-state index in [1.54, 1.807) is 44.3 Å². The van der Waals surface area contributed by atoms with Crippen LogP contribution in [0.2, 0.25) is 5.02 Å². The van der Waals surface area contributed by atoms with Gasteiger partial charge in [0.05, 0.1) is 24.6 Å². The van der Waals surface area contributed by atoms with Gasteiger partial charge in [-0.15, -0.1) is 0 Å². The number of rotatable bonds is 8. The molecule has 2 rings (SSSR count). The molecule has 0 spiro atoms. The van der Waals surface area contributed by atoms with E-state index in [4.69, 9.17) is 20.5 Å². The molecule has 0 amide bonds. The normalized spacial score (nSPS) is 13.4. The number of aromatic nitrogens is 2. The molecule has 1 aromatic heterocycles. The fourth-order valence-corrected chi connectivity index (χ4v) is 2.59. The number of benzene rings is 1. The zero-order chi connectivity index (χ0) is 18.7. The van der Waals surface area contributed by atoms with Gasteiger partial charge in [-0.05, 0) is 24.3 Å². The number of hydrogen-bond acceptors (Lipinski definition) is 6. The summed E-state index contributed by atoms with van der Waals surface area (Å²) in [6.45, 7) is 2.89. The molecule has 0 saturated carbocycles. The number of nitrogens with zero attached hydrogens (tertiary/aromatic N) is 2. The molecule has 1 heterocycles. The first-order valence-corrected chi connectivity index (χ1v) is 9.56. The summed E-state index contributed by atoms with van der Waals surface area (Å²) in [7, 11) is -3.66. The third-order valence-corrected chi connectivity index (χ3v) is 4.18. The van der Waals surface area contributed by atoms with Crippen molar-refractivity contribution in [2.24, 2.45) is 5.41 Å². The van der Waals surface area contributed by atoms with E-state index in [0.29, 0.717) is 10.8 Å². The zero-order valence-corrected chi connectivity index (χ0v) is 15.6. The Balaban J connectivity index is 2.25. The molecule has 0 aliphatic carbocycles. The largest absolute Gasteiger partial charge is 0.463 e. The lowest BCUT2D eigenvalue weighted by molar-refractivity contribution is -0.140. The maximum atomic E-state index is 13.0. The molecule has 2 aromatic rings. The average Bonchev–Trinajstić information content (AvgIpc) is 3.05. The van der Waals surface area contributed by atoms with Crippen LogP contribution in [-0.2, 0) is 19.1 Å². The first kappa shape index (κ1) is 19.4. The standard InChI is InChI=1S/C16H19ClN2O5S/c1-16(2,10-23-25(3,21)22)14(20)15(19-9-8-18-11-19)24-13-6-4-12(17)5-7-13/h4-9,11,15H,10H2,1-3H3. The van der Waals surface area contributed by atoms with Crippen molar-refractivity contribution in [2.75, 3.05) is 12.9 Å². The van der Waals surface area contributed by atoms with Crippen LogP contribution in [0.25, 0.3) is 0 Å². The van der Waals surface area contributed by atoms with Crippen LogP contribution in [0, 0.1) is 5.41 Å². The van der Waals surface area contributed by atoms with Gasteiger partial charge in [-0.1, -0.05) is 25.4 Å². The number of ether oxygens (including phenoxy) is 1. The molecule has 1 atom stereocenters. The summed E-state index contributed by atoms with van der Waals surface area (Å²) < 4.78 is 34.6. The first-order chi connectivity index (χ1) is 11.6. The van der Waals surface area contributed by atoms with E-state index in [-0.39, 0.29) is 12.4 Å². The summed E-state index contributed by atoms with van der Waals surface area (Å²) in [5, 5.41) is 0.541. The lowest BCUT2D eigenvalue weighted by atomic mass is 9.88. The predicted octanol–water partition coefficient (Wildman–Crippen LogP) is 2.69. The molecule has 0 radical (unpaired) electrons. The summed E-state index contributed by atoms with van der Waals surface area (Å²) in [6, 6.07) is 6.56. The lowest BCUT2D eigenvalue weighted by Crippen LogP contribution is -2.39. The molecule has 0 bridgehead atoms. The van der Waals surface area contributed by atoms with Crippen LogP contribution in [0.15, 0.2) is 43.0 Å². The molecule has 25 heavy (non-hydrogen) atoms. The van der Waals surface area contributed by atoms with E-state index in [0.717, 1.165) is 6.26 Å². The van der Waals surface area contributed by atoms with Crippen LogP contribution >= 0.6 is 11.6 Å². The Kier molecular flexibility index (Phi) is 5.87. The lowest BCUT2D eigenvalue weighted by Gasteiger charge is -2.28. The number of ketones is 1. The summed E-state index contributed by atoms with van der Waals surface area (Å²) in [6.07, 6.45) is 4.47. The van der Waals surface area contributed by atoms with Crippen LogP contribution in [0.3, 0.4) is 0 Å². The van der Waals surface area contributed by atoms with Gasteiger partial charge in [-0.3, -0.25) is 13.5 Å². The van der Waals surface area contributed by atoms with Gasteiger partial charge in [0.2, 0.25) is 12.0 Å². The van der Waals surface area contributed by atoms with Crippen molar-refractivity contribution in [3.63, 3.8) is 0 Å². The maximum Gasteiger partial charge on any atom is 0.264 e. The van der Waals surface area contributed by atoms with E-state index >= 15 is 0 Å². The van der Waals surface area contributed by atoms with Gasteiger partial charge in [0.1, 0.15) is 5.75 Å². The number of carbonyl (C=O) groups is 1. The van der Waals surface area contributed by atoms with Crippen molar-refractivity contribution in [3.8, 4) is 5.75 Å². The second kappa shape index (κ2) is 7.55. The van der Waals surface area contributed by atoms with Gasteiger partial charge in [0.15, 0.2) is 0 Å². The molecular weight excluding hydrogens is 368 g/mol. The van der Waals surface area contributed by atoms with Gasteiger partial charge < -0.3 is 4.74 Å². The highest BCUT2D eigenvalue weighted by atomic mass is 35.5. The molecule has 0 saturated heterocycles. The average molecular weight is 387 g/mol. The smallest absolute Gasteiger partial charge is 0.264 e. The summed E-state index contributed by atoms with van der Waals surface area (Å²) in [5.74, 6) is 0.0837. The number of imidazole rings is 1. The first-order valence-electron chi connectivity index (χ1n) is 7.37. The third kappa shape index (κ3) is 5.55. The van der Waals surface area contributed by atoms with Crippen molar-refractivity contribution in [3.05, 3.63) is 48.0 Å². The van der Waals surface area contributed by atoms with Crippen molar-refractivity contribution in [1.29, 1.82) is 0 Å². The van der Waals surface area contributed by atoms with Crippen LogP contribution in [0.4, 0.5) is 0 Å². The van der Waals surface area contributed by atoms with Crippen molar-refractivity contribution < 1.29 is 22.1 Å². The number of carbonyl (C=O) groups excluding carboxylic acids is 1. The topological polar surface area (TPSA) is 87.5 Å². The highest BCUT2D eigenvalue weighted by molar-refractivity contribution is 7.85. The Morgan fingerprint density at radius 1 is 1.32 bits per heavy atom. The number of Topliss-reactive ketones (excluding diaryl/α,β-unsaturated/α-hetero) is 1. The van der Waals surface area contributed by atoms with E-state index in [1.807, 2.05) is 0 Å². The third-order valence-electron chi connectivity index (χ3n) is 3.38. The fraction of sp³-hybridized carbons (Fsp3) is 0.375. The van der Waals surface area contributed by atoms with Gasteiger partial charge in [0.25, 0.3) is 10.1 Å². The van der Waals surface area contributed by atoms with Crippen LogP contribution in [0.1, 0.15) is 20.1 Å². The quantitative estimate of drug-likeness (QED) is 0.648. The minimum atomic E-state index is -3.66. The Bertz CT molecular complexity index is 817. The predicted molar refractivity (Wildman–Crippen MR) is 92.9 cm³/mol. The van der Waals surface area contributed by atoms with E-state index < -0.39 is 21.8 Å². The molecule has 0 aliphatic rings. The highest BCUT2D eigenvalue weighted by Crippen LogP contribution is 2.28. The molecule has 1 aromatic carbocycles. The van der Waals surface area contributed by atoms with Gasteiger partial charge >= 0.3 is 0 Å². The van der Waals surface area contributed by atoms with Crippen LogP contribution < -0.4 is 4.74 Å². The van der Waals surface area contributed by atoms with Crippen molar-refractivity contribution >= 4 is 27.5 Å². The molecule has 136 valence electrons. The van der Waals surface area contributed by atoms with Crippen molar-refractivity contribution in [1.82, 2.24) is 9.55 Å². The molecule has 0 fully saturated rings. The van der Waals surface area contributed by atoms with E-state index in [9.17, 15) is 13.2 Å². The summed E-state index contributed by atoms with van der Waals surface area (Å²) >= 11 is 5.86. The molecular formula is C16H19ClN2O5S. The van der Waals surface area contributed by atoms with Gasteiger partial charge in [0, 0.05) is 17.4 Å². The zero-order valence-electron chi connectivity index (χ0n) is 14.0. The van der Waals surface area contributed by atoms with Gasteiger partial charge in [-0.2, -0.15) is 8.42 Å². The summed E-state index contributed by atoms with van der Waals surface area (Å²) in [5.41, 5.74) is -1.11. The number of hydrogen-bond donors (Lipinski definition) is 0. The number of halogens is 1. The highest BCUT2D eigenvalue weighted by Gasteiger charge is 2.37. The second-order valence-corrected chi connectivity index (χ2v) is 8.23. The van der Waals surface area contributed by atoms with Gasteiger partial charge in [-0.25, -0.2) is 4.98 Å².